The molecule has 0 bridgehead atoms. The van der Waals surface area contributed by atoms with Gasteiger partial charge in [-0.1, -0.05) is 30.3 Å². The van der Waals surface area contributed by atoms with Crippen LogP contribution in [0.4, 0.5) is 4.39 Å². The normalized spacial score (nSPS) is 16.0. The van der Waals surface area contributed by atoms with Crippen LogP contribution in [0.1, 0.15) is 17.2 Å². The van der Waals surface area contributed by atoms with Gasteiger partial charge < -0.3 is 15.4 Å². The Morgan fingerprint density at radius 1 is 1.19 bits per heavy atom. The number of halogens is 1. The molecule has 0 amide bonds. The maximum absolute atomic E-state index is 13.5. The highest BCUT2D eigenvalue weighted by molar-refractivity contribution is 5.79. The van der Waals surface area contributed by atoms with Gasteiger partial charge in [0.15, 0.2) is 11.8 Å². The van der Waals surface area contributed by atoms with Crippen LogP contribution in [0.2, 0.25) is 0 Å². The predicted molar refractivity (Wildman–Crippen MR) is 122 cm³/mol. The van der Waals surface area contributed by atoms with Crippen LogP contribution in [-0.2, 0) is 11.3 Å². The van der Waals surface area contributed by atoms with E-state index < -0.39 is 0 Å². The average Bonchev–Trinajstić information content (AvgIpc) is 3.38. The highest BCUT2D eigenvalue weighted by Crippen LogP contribution is 2.22. The fourth-order valence-electron chi connectivity index (χ4n) is 3.80. The maximum Gasteiger partial charge on any atom is 0.191 e. The minimum absolute atomic E-state index is 0.0906. The maximum atomic E-state index is 13.5. The molecule has 8 nitrogen and oxygen atoms in total. The van der Waals surface area contributed by atoms with E-state index in [2.05, 4.69) is 47.8 Å². The largest absolute Gasteiger partial charge is 0.379 e. The van der Waals surface area contributed by atoms with Gasteiger partial charge in [-0.05, 0) is 29.3 Å². The van der Waals surface area contributed by atoms with Crippen molar-refractivity contribution in [3.05, 3.63) is 71.8 Å². The van der Waals surface area contributed by atoms with Crippen LogP contribution in [0, 0.1) is 5.82 Å². The molecule has 0 aliphatic carbocycles. The molecular formula is C23H28FN7O. The molecular weight excluding hydrogens is 409 g/mol. The van der Waals surface area contributed by atoms with Crippen molar-refractivity contribution in [2.75, 3.05) is 39.9 Å². The van der Waals surface area contributed by atoms with E-state index >= 15 is 0 Å². The number of hydrogen-bond acceptors (Lipinski definition) is 5. The van der Waals surface area contributed by atoms with E-state index in [0.717, 1.165) is 35.6 Å². The summed E-state index contributed by atoms with van der Waals surface area (Å²) in [7, 11) is 1.75. The van der Waals surface area contributed by atoms with E-state index in [9.17, 15) is 4.39 Å². The van der Waals surface area contributed by atoms with Gasteiger partial charge in [0.2, 0.25) is 0 Å². The molecule has 1 aliphatic rings. The average molecular weight is 438 g/mol. The first kappa shape index (κ1) is 21.9. The van der Waals surface area contributed by atoms with Gasteiger partial charge in [0.05, 0.1) is 19.3 Å². The summed E-state index contributed by atoms with van der Waals surface area (Å²) >= 11 is 0. The van der Waals surface area contributed by atoms with Crippen LogP contribution in [0.15, 0.2) is 59.9 Å². The number of aliphatic imine (C=N–C) groups is 1. The summed E-state index contributed by atoms with van der Waals surface area (Å²) in [5, 5.41) is 13.6. The molecule has 3 aromatic rings. The summed E-state index contributed by atoms with van der Waals surface area (Å²) in [5.41, 5.74) is 3.15. The Morgan fingerprint density at radius 2 is 2.00 bits per heavy atom. The zero-order chi connectivity index (χ0) is 22.2. The molecule has 1 atom stereocenters. The van der Waals surface area contributed by atoms with Crippen LogP contribution in [0.3, 0.4) is 0 Å². The van der Waals surface area contributed by atoms with Gasteiger partial charge in [-0.15, -0.1) is 0 Å². The Balaban J connectivity index is 1.38. The highest BCUT2D eigenvalue weighted by Gasteiger charge is 2.23. The van der Waals surface area contributed by atoms with Crippen molar-refractivity contribution >= 4 is 5.96 Å². The Kier molecular flexibility index (Phi) is 7.42. The summed E-state index contributed by atoms with van der Waals surface area (Å²) in [5.74, 6) is 1.21. The van der Waals surface area contributed by atoms with Gasteiger partial charge in [0.25, 0.3) is 0 Å². The molecule has 9 heteroatoms. The first-order chi connectivity index (χ1) is 15.7. The number of morpholine rings is 1. The van der Waals surface area contributed by atoms with Crippen LogP contribution in [0.25, 0.3) is 11.4 Å². The fraction of sp³-hybridized carbons (Fsp3) is 0.348. The Hall–Kier alpha value is -3.30. The lowest BCUT2D eigenvalue weighted by atomic mass is 10.0. The van der Waals surface area contributed by atoms with E-state index in [1.807, 2.05) is 24.3 Å². The molecule has 168 valence electrons. The summed E-state index contributed by atoms with van der Waals surface area (Å²) in [6.45, 7) is 4.33. The van der Waals surface area contributed by atoms with E-state index in [4.69, 9.17) is 4.74 Å². The van der Waals surface area contributed by atoms with Crippen molar-refractivity contribution in [2.45, 2.75) is 12.6 Å². The zero-order valence-corrected chi connectivity index (χ0v) is 18.1. The van der Waals surface area contributed by atoms with Gasteiger partial charge in [-0.3, -0.25) is 15.0 Å². The molecule has 0 radical (unpaired) electrons. The number of benzene rings is 2. The zero-order valence-electron chi connectivity index (χ0n) is 18.1. The topological polar surface area (TPSA) is 90.5 Å². The van der Waals surface area contributed by atoms with E-state index in [1.165, 1.54) is 18.5 Å². The second-order valence-corrected chi connectivity index (χ2v) is 7.56. The minimum Gasteiger partial charge on any atom is -0.379 e. The van der Waals surface area contributed by atoms with Gasteiger partial charge >= 0.3 is 0 Å². The Labute approximate surface area is 186 Å². The van der Waals surface area contributed by atoms with Crippen molar-refractivity contribution < 1.29 is 9.13 Å². The number of nitrogens with one attached hydrogen (secondary N) is 3. The van der Waals surface area contributed by atoms with Crippen molar-refractivity contribution in [2.24, 2.45) is 4.99 Å². The van der Waals surface area contributed by atoms with Gasteiger partial charge in [-0.25, -0.2) is 9.37 Å². The van der Waals surface area contributed by atoms with E-state index in [0.29, 0.717) is 32.3 Å². The number of H-pyrrole nitrogens is 1. The number of ether oxygens (including phenoxy) is 1. The summed E-state index contributed by atoms with van der Waals surface area (Å²) in [6, 6.07) is 14.9. The fourth-order valence-corrected chi connectivity index (χ4v) is 3.80. The second-order valence-electron chi connectivity index (χ2n) is 7.56. The summed E-state index contributed by atoms with van der Waals surface area (Å²) in [4.78, 5) is 10.9. The lowest BCUT2D eigenvalue weighted by Crippen LogP contribution is -2.46. The lowest BCUT2D eigenvalue weighted by molar-refractivity contribution is 0.0170. The SMILES string of the molecule is CN=C(NCc1cccc(-c2ncn[nH]2)c1)NCC(c1ccc(F)cc1)N1CCOCC1. The molecule has 0 spiro atoms. The first-order valence-electron chi connectivity index (χ1n) is 10.7. The molecule has 3 N–H and O–H groups in total. The standard InChI is InChI=1S/C23H28FN7O/c1-25-23(26-14-17-3-2-4-19(13-17)22-28-16-29-30-22)27-15-21(31-9-11-32-12-10-31)18-5-7-20(24)8-6-18/h2-8,13,16,21H,9-12,14-15H2,1H3,(H2,25,26,27)(H,28,29,30). The Bertz CT molecular complexity index is 1000. The summed E-state index contributed by atoms with van der Waals surface area (Å²) in [6.07, 6.45) is 1.50. The molecule has 32 heavy (non-hydrogen) atoms. The monoisotopic (exact) mass is 437 g/mol. The minimum atomic E-state index is -0.229. The molecule has 1 unspecified atom stereocenters. The third-order valence-electron chi connectivity index (χ3n) is 5.50. The van der Waals surface area contributed by atoms with Crippen LogP contribution >= 0.6 is 0 Å². The van der Waals surface area contributed by atoms with Crippen molar-refractivity contribution in [1.82, 2.24) is 30.7 Å². The van der Waals surface area contributed by atoms with Crippen molar-refractivity contribution in [3.63, 3.8) is 0 Å². The van der Waals surface area contributed by atoms with Crippen LogP contribution in [-0.4, -0.2) is 65.9 Å². The third-order valence-corrected chi connectivity index (χ3v) is 5.50. The smallest absolute Gasteiger partial charge is 0.191 e. The highest BCUT2D eigenvalue weighted by atomic mass is 19.1. The van der Waals surface area contributed by atoms with Gasteiger partial charge in [-0.2, -0.15) is 5.10 Å². The number of aromatic nitrogens is 3. The second kappa shape index (κ2) is 10.8. The van der Waals surface area contributed by atoms with Crippen molar-refractivity contribution in [3.8, 4) is 11.4 Å². The lowest BCUT2D eigenvalue weighted by Gasteiger charge is -2.35. The third kappa shape index (κ3) is 5.68. The predicted octanol–water partition coefficient (Wildman–Crippen LogP) is 2.35. The molecule has 1 aliphatic heterocycles. The van der Waals surface area contributed by atoms with Gasteiger partial charge in [0.1, 0.15) is 12.1 Å². The van der Waals surface area contributed by atoms with Crippen LogP contribution in [0.5, 0.6) is 0 Å². The molecule has 1 fully saturated rings. The van der Waals surface area contributed by atoms with E-state index in [-0.39, 0.29) is 11.9 Å². The number of hydrogen-bond donors (Lipinski definition) is 3. The molecule has 1 saturated heterocycles. The molecule has 2 aromatic carbocycles. The number of rotatable bonds is 7. The molecule has 0 saturated carbocycles. The van der Waals surface area contributed by atoms with E-state index in [1.54, 1.807) is 7.05 Å². The molecule has 2 heterocycles. The van der Waals surface area contributed by atoms with Gasteiger partial charge in [0, 0.05) is 38.8 Å². The molecule has 1 aromatic heterocycles. The summed E-state index contributed by atoms with van der Waals surface area (Å²) < 4.78 is 19.0. The number of guanidine groups is 1. The first-order valence-corrected chi connectivity index (χ1v) is 10.7. The Morgan fingerprint density at radius 3 is 2.72 bits per heavy atom. The van der Waals surface area contributed by atoms with Crippen LogP contribution < -0.4 is 10.6 Å². The quantitative estimate of drug-likeness (QED) is 0.388. The number of nitrogens with zero attached hydrogens (tertiary/aromatic N) is 4. The number of aromatic amines is 1. The molecule has 4 rings (SSSR count). The van der Waals surface area contributed by atoms with Crippen molar-refractivity contribution in [1.29, 1.82) is 0 Å².